The van der Waals surface area contributed by atoms with Gasteiger partial charge in [0.15, 0.2) is 0 Å². The van der Waals surface area contributed by atoms with Crippen LogP contribution in [0.3, 0.4) is 0 Å². The first-order valence-corrected chi connectivity index (χ1v) is 10.7. The summed E-state index contributed by atoms with van der Waals surface area (Å²) in [4.78, 5) is 14.7. The standard InChI is InChI=1S/C21H25ClF2N4O2/c22-20-19(25-11-14-2-1-7-30-13-14)12-26-28(21(20)29)17-3-5-27(6-4-17)18-9-15(23)8-16(24)10-18/h8-10,12,14,17,25H,1-7,11,13H2. The molecule has 9 heteroatoms. The maximum atomic E-state index is 13.5. The Hall–Kier alpha value is -2.19. The summed E-state index contributed by atoms with van der Waals surface area (Å²) in [5.41, 5.74) is 0.725. The molecule has 0 bridgehead atoms. The van der Waals surface area contributed by atoms with Crippen molar-refractivity contribution in [3.8, 4) is 0 Å². The summed E-state index contributed by atoms with van der Waals surface area (Å²) in [5.74, 6) is -0.798. The Kier molecular flexibility index (Phi) is 6.53. The van der Waals surface area contributed by atoms with E-state index in [0.717, 1.165) is 25.5 Å². The van der Waals surface area contributed by atoms with Crippen LogP contribution in [-0.4, -0.2) is 42.6 Å². The molecule has 2 aliphatic rings. The molecule has 2 fully saturated rings. The highest BCUT2D eigenvalue weighted by Crippen LogP contribution is 2.27. The molecule has 1 aromatic carbocycles. The van der Waals surface area contributed by atoms with Crippen molar-refractivity contribution < 1.29 is 13.5 Å². The largest absolute Gasteiger partial charge is 0.382 e. The fourth-order valence-electron chi connectivity index (χ4n) is 4.14. The summed E-state index contributed by atoms with van der Waals surface area (Å²) < 4.78 is 33.9. The number of rotatable bonds is 5. The molecule has 1 atom stereocenters. The highest BCUT2D eigenvalue weighted by Gasteiger charge is 2.24. The number of piperidine rings is 1. The smallest absolute Gasteiger partial charge is 0.287 e. The summed E-state index contributed by atoms with van der Waals surface area (Å²) in [7, 11) is 0. The molecule has 1 aromatic heterocycles. The van der Waals surface area contributed by atoms with E-state index in [4.69, 9.17) is 16.3 Å². The van der Waals surface area contributed by atoms with Crippen molar-refractivity contribution >= 4 is 23.0 Å². The van der Waals surface area contributed by atoms with Gasteiger partial charge in [0.2, 0.25) is 0 Å². The Morgan fingerprint density at radius 1 is 1.17 bits per heavy atom. The summed E-state index contributed by atoms with van der Waals surface area (Å²) >= 11 is 6.33. The van der Waals surface area contributed by atoms with E-state index in [0.29, 0.717) is 56.4 Å². The van der Waals surface area contributed by atoms with Crippen molar-refractivity contribution in [2.45, 2.75) is 31.7 Å². The van der Waals surface area contributed by atoms with Gasteiger partial charge in [0.05, 0.1) is 24.5 Å². The molecule has 2 aromatic rings. The van der Waals surface area contributed by atoms with Crippen LogP contribution in [0.5, 0.6) is 0 Å². The van der Waals surface area contributed by atoms with Gasteiger partial charge >= 0.3 is 0 Å². The van der Waals surface area contributed by atoms with E-state index in [1.165, 1.54) is 16.8 Å². The molecule has 2 aliphatic heterocycles. The Morgan fingerprint density at radius 3 is 2.57 bits per heavy atom. The van der Waals surface area contributed by atoms with Gasteiger partial charge in [0.25, 0.3) is 5.56 Å². The SMILES string of the molecule is O=c1c(Cl)c(NCC2CCCOC2)cnn1C1CCN(c2cc(F)cc(F)c2)CC1. The van der Waals surface area contributed by atoms with Crippen molar-refractivity contribution in [1.29, 1.82) is 0 Å². The number of hydrogen-bond donors (Lipinski definition) is 1. The number of aromatic nitrogens is 2. The maximum Gasteiger partial charge on any atom is 0.287 e. The number of ether oxygens (including phenoxy) is 1. The fourth-order valence-corrected chi connectivity index (χ4v) is 4.34. The van der Waals surface area contributed by atoms with Gasteiger partial charge in [-0.1, -0.05) is 11.6 Å². The van der Waals surface area contributed by atoms with Crippen LogP contribution < -0.4 is 15.8 Å². The number of nitrogens with zero attached hydrogens (tertiary/aromatic N) is 3. The average molecular weight is 439 g/mol. The van der Waals surface area contributed by atoms with Gasteiger partial charge in [0, 0.05) is 38.0 Å². The second-order valence-electron chi connectivity index (χ2n) is 7.93. The molecule has 2 saturated heterocycles. The second kappa shape index (κ2) is 9.31. The summed E-state index contributed by atoms with van der Waals surface area (Å²) in [5, 5.41) is 7.70. The van der Waals surface area contributed by atoms with Crippen molar-refractivity contribution in [2.75, 3.05) is 43.1 Å². The monoisotopic (exact) mass is 438 g/mol. The van der Waals surface area contributed by atoms with E-state index in [1.54, 1.807) is 6.20 Å². The quantitative estimate of drug-likeness (QED) is 0.768. The van der Waals surface area contributed by atoms with E-state index in [-0.39, 0.29) is 16.6 Å². The molecule has 3 heterocycles. The van der Waals surface area contributed by atoms with E-state index >= 15 is 0 Å². The van der Waals surface area contributed by atoms with Gasteiger partial charge in [-0.15, -0.1) is 0 Å². The molecule has 0 saturated carbocycles. The van der Waals surface area contributed by atoms with Gasteiger partial charge in [-0.2, -0.15) is 5.10 Å². The molecule has 4 rings (SSSR count). The van der Waals surface area contributed by atoms with Crippen LogP contribution in [0.1, 0.15) is 31.7 Å². The van der Waals surface area contributed by atoms with Crippen LogP contribution in [0, 0.1) is 17.6 Å². The van der Waals surface area contributed by atoms with Crippen molar-refractivity contribution in [1.82, 2.24) is 9.78 Å². The zero-order chi connectivity index (χ0) is 21.1. The third-order valence-corrected chi connectivity index (χ3v) is 6.17. The first kappa shape index (κ1) is 21.1. The summed E-state index contributed by atoms with van der Waals surface area (Å²) in [6.45, 7) is 3.35. The molecule has 1 unspecified atom stereocenters. The van der Waals surface area contributed by atoms with Gasteiger partial charge in [-0.25, -0.2) is 13.5 Å². The number of hydrogen-bond acceptors (Lipinski definition) is 5. The molecule has 0 spiro atoms. The Morgan fingerprint density at radius 2 is 1.90 bits per heavy atom. The highest BCUT2D eigenvalue weighted by atomic mass is 35.5. The lowest BCUT2D eigenvalue weighted by Crippen LogP contribution is -2.38. The highest BCUT2D eigenvalue weighted by molar-refractivity contribution is 6.32. The molecule has 162 valence electrons. The molecule has 0 amide bonds. The van der Waals surface area contributed by atoms with Gasteiger partial charge in [-0.05, 0) is 43.7 Å². The van der Waals surface area contributed by atoms with Gasteiger partial charge in [0.1, 0.15) is 16.7 Å². The number of benzene rings is 1. The van der Waals surface area contributed by atoms with Crippen molar-refractivity contribution in [3.63, 3.8) is 0 Å². The lowest BCUT2D eigenvalue weighted by molar-refractivity contribution is 0.0595. The van der Waals surface area contributed by atoms with Crippen LogP contribution >= 0.6 is 11.6 Å². The minimum absolute atomic E-state index is 0.106. The molecule has 6 nitrogen and oxygen atoms in total. The topological polar surface area (TPSA) is 59.4 Å². The van der Waals surface area contributed by atoms with E-state index in [2.05, 4.69) is 10.4 Å². The van der Waals surface area contributed by atoms with Crippen molar-refractivity contribution in [2.24, 2.45) is 5.92 Å². The Labute approximate surface area is 178 Å². The Balaban J connectivity index is 1.40. The Bertz CT molecular complexity index is 921. The van der Waals surface area contributed by atoms with Crippen LogP contribution in [0.15, 0.2) is 29.2 Å². The fraction of sp³-hybridized carbons (Fsp3) is 0.524. The summed E-state index contributed by atoms with van der Waals surface area (Å²) in [6, 6.07) is 3.40. The zero-order valence-electron chi connectivity index (χ0n) is 16.6. The van der Waals surface area contributed by atoms with Gasteiger partial charge < -0.3 is 15.0 Å². The first-order chi connectivity index (χ1) is 14.5. The number of nitrogens with one attached hydrogen (secondary N) is 1. The maximum absolute atomic E-state index is 13.5. The minimum atomic E-state index is -0.598. The van der Waals surface area contributed by atoms with E-state index in [1.807, 2.05) is 4.90 Å². The summed E-state index contributed by atoms with van der Waals surface area (Å²) in [6.07, 6.45) is 4.99. The van der Waals surface area contributed by atoms with Crippen LogP contribution in [0.25, 0.3) is 0 Å². The molecule has 1 N–H and O–H groups in total. The number of halogens is 3. The lowest BCUT2D eigenvalue weighted by Gasteiger charge is -2.34. The minimum Gasteiger partial charge on any atom is -0.382 e. The average Bonchev–Trinajstić information content (AvgIpc) is 2.75. The normalized spacial score (nSPS) is 20.4. The molecule has 0 aliphatic carbocycles. The predicted molar refractivity (Wildman–Crippen MR) is 112 cm³/mol. The second-order valence-corrected chi connectivity index (χ2v) is 8.31. The third-order valence-electron chi connectivity index (χ3n) is 5.80. The van der Waals surface area contributed by atoms with E-state index in [9.17, 15) is 13.6 Å². The molecular weight excluding hydrogens is 414 g/mol. The first-order valence-electron chi connectivity index (χ1n) is 10.3. The van der Waals surface area contributed by atoms with Crippen LogP contribution in [-0.2, 0) is 4.74 Å². The van der Waals surface area contributed by atoms with E-state index < -0.39 is 11.6 Å². The molecule has 30 heavy (non-hydrogen) atoms. The zero-order valence-corrected chi connectivity index (χ0v) is 17.4. The van der Waals surface area contributed by atoms with Crippen LogP contribution in [0.4, 0.5) is 20.2 Å². The van der Waals surface area contributed by atoms with Crippen molar-refractivity contribution in [3.05, 3.63) is 51.4 Å². The molecule has 0 radical (unpaired) electrons. The van der Waals surface area contributed by atoms with Gasteiger partial charge in [-0.3, -0.25) is 4.79 Å². The predicted octanol–water partition coefficient (Wildman–Crippen LogP) is 3.85. The third kappa shape index (κ3) is 4.75. The van der Waals surface area contributed by atoms with Crippen LogP contribution in [0.2, 0.25) is 5.02 Å². The lowest BCUT2D eigenvalue weighted by atomic mass is 10.0. The number of anilines is 2. The molecular formula is C21H25ClF2N4O2.